The number of carbonyl (C=O) groups is 4. The monoisotopic (exact) mass is 678 g/mol. The standard InChI is InChI=1S/C15H15F5O6.C11H20O5.2C2H6/c1-7(21)24-5-15(2,4-23-3)6-25-14(22)26-13-11(19)9(17)8(16)10(18)12(13)20;1-5-10(13)16-8-11(3,6-14-4)7-15-9(2)12;2*1-2/h4-6H2,1-3H3;5-8H2,1-4H3;2*1-2H3. The minimum Gasteiger partial charge on any atom is -0.465 e. The normalized spacial score (nSPS) is 12.5. The van der Waals surface area contributed by atoms with Crippen molar-refractivity contribution in [1.29, 1.82) is 0 Å². The number of benzene rings is 1. The summed E-state index contributed by atoms with van der Waals surface area (Å²) in [4.78, 5) is 44.2. The Morgan fingerprint density at radius 1 is 0.565 bits per heavy atom. The molecule has 0 fully saturated rings. The Bertz CT molecular complexity index is 1060. The average Bonchev–Trinajstić information content (AvgIpc) is 3.03. The van der Waals surface area contributed by atoms with E-state index in [1.807, 2.05) is 34.6 Å². The molecule has 1 aromatic carbocycles. The third kappa shape index (κ3) is 18.4. The van der Waals surface area contributed by atoms with Gasteiger partial charge in [-0.15, -0.1) is 0 Å². The van der Waals surface area contributed by atoms with Crippen molar-refractivity contribution in [3.63, 3.8) is 0 Å². The van der Waals surface area contributed by atoms with Crippen LogP contribution in [0.2, 0.25) is 0 Å². The zero-order valence-corrected chi connectivity index (χ0v) is 28.3. The van der Waals surface area contributed by atoms with Crippen LogP contribution in [-0.4, -0.2) is 77.9 Å². The molecule has 1 aromatic rings. The molecule has 1 rings (SSSR count). The van der Waals surface area contributed by atoms with Crippen LogP contribution in [0.25, 0.3) is 0 Å². The van der Waals surface area contributed by atoms with Gasteiger partial charge in [0.1, 0.15) is 26.4 Å². The molecule has 0 aliphatic heterocycles. The first-order valence-electron chi connectivity index (χ1n) is 14.2. The molecule has 0 aliphatic rings. The number of carbonyl (C=O) groups excluding carboxylic acids is 4. The summed E-state index contributed by atoms with van der Waals surface area (Å²) in [5.41, 5.74) is -1.54. The third-order valence-electron chi connectivity index (χ3n) is 5.00. The SMILES string of the molecule is CC.CC.CCC(=O)OCC(C)(COC)COC(C)=O.COCC(C)(COC(C)=O)COC(=O)Oc1c(F)c(F)c(F)c(F)c1F. The van der Waals surface area contributed by atoms with Gasteiger partial charge in [-0.1, -0.05) is 48.5 Å². The van der Waals surface area contributed by atoms with Crippen LogP contribution < -0.4 is 4.74 Å². The van der Waals surface area contributed by atoms with E-state index >= 15 is 0 Å². The van der Waals surface area contributed by atoms with E-state index in [1.165, 1.54) is 21.0 Å². The van der Waals surface area contributed by atoms with Crippen molar-refractivity contribution in [2.45, 2.75) is 68.7 Å². The van der Waals surface area contributed by atoms with E-state index in [-0.39, 0.29) is 38.4 Å². The van der Waals surface area contributed by atoms with Crippen LogP contribution >= 0.6 is 0 Å². The van der Waals surface area contributed by atoms with Gasteiger partial charge in [-0.2, -0.15) is 8.78 Å². The van der Waals surface area contributed by atoms with Crippen LogP contribution in [0.15, 0.2) is 0 Å². The van der Waals surface area contributed by atoms with E-state index in [1.54, 1.807) is 14.0 Å². The Hall–Kier alpha value is -3.53. The Morgan fingerprint density at radius 2 is 0.891 bits per heavy atom. The zero-order valence-electron chi connectivity index (χ0n) is 28.3. The summed E-state index contributed by atoms with van der Waals surface area (Å²) >= 11 is 0. The van der Waals surface area contributed by atoms with Crippen molar-refractivity contribution in [2.75, 3.05) is 53.9 Å². The first-order chi connectivity index (χ1) is 21.5. The first kappa shape index (κ1) is 46.9. The highest BCUT2D eigenvalue weighted by Crippen LogP contribution is 2.29. The lowest BCUT2D eigenvalue weighted by Gasteiger charge is -2.27. The Labute approximate surface area is 266 Å². The molecule has 0 spiro atoms. The maximum absolute atomic E-state index is 13.4. The number of rotatable bonds is 14. The molecule has 0 radical (unpaired) electrons. The quantitative estimate of drug-likeness (QED) is 0.0547. The summed E-state index contributed by atoms with van der Waals surface area (Å²) in [5, 5.41) is 0. The van der Waals surface area contributed by atoms with Crippen LogP contribution in [0.4, 0.5) is 26.7 Å². The van der Waals surface area contributed by atoms with Gasteiger partial charge in [0.15, 0.2) is 0 Å². The van der Waals surface area contributed by atoms with E-state index in [9.17, 15) is 41.1 Å². The molecule has 11 nitrogen and oxygen atoms in total. The Kier molecular flexibility index (Phi) is 25.1. The second-order valence-electron chi connectivity index (χ2n) is 9.60. The van der Waals surface area contributed by atoms with E-state index in [2.05, 4.69) is 9.47 Å². The van der Waals surface area contributed by atoms with Gasteiger partial charge in [0.2, 0.25) is 34.8 Å². The number of ether oxygens (including phenoxy) is 7. The zero-order chi connectivity index (χ0) is 36.7. The maximum atomic E-state index is 13.4. The van der Waals surface area contributed by atoms with Crippen molar-refractivity contribution < 1.29 is 74.3 Å². The lowest BCUT2D eigenvalue weighted by molar-refractivity contribution is -0.154. The van der Waals surface area contributed by atoms with Gasteiger partial charge < -0.3 is 33.2 Å². The topological polar surface area (TPSA) is 133 Å². The minimum atomic E-state index is -2.39. The van der Waals surface area contributed by atoms with Gasteiger partial charge in [-0.3, -0.25) is 14.4 Å². The van der Waals surface area contributed by atoms with Gasteiger partial charge in [0.25, 0.3) is 0 Å². The average molecular weight is 679 g/mol. The molecular formula is C30H47F5O11. The largest absolute Gasteiger partial charge is 0.514 e. The lowest BCUT2D eigenvalue weighted by Crippen LogP contribution is -2.36. The molecule has 0 N–H and O–H groups in total. The summed E-state index contributed by atoms with van der Waals surface area (Å²) in [5.74, 6) is -14.6. The van der Waals surface area contributed by atoms with E-state index in [0.29, 0.717) is 13.0 Å². The van der Waals surface area contributed by atoms with Gasteiger partial charge >= 0.3 is 24.1 Å². The molecule has 0 saturated heterocycles. The van der Waals surface area contributed by atoms with E-state index < -0.39 is 64.4 Å². The van der Waals surface area contributed by atoms with Crippen molar-refractivity contribution in [2.24, 2.45) is 10.8 Å². The fraction of sp³-hybridized carbons (Fsp3) is 0.667. The number of hydrogen-bond acceptors (Lipinski definition) is 11. The molecule has 0 amide bonds. The van der Waals surface area contributed by atoms with E-state index in [0.717, 1.165) is 6.92 Å². The second-order valence-corrected chi connectivity index (χ2v) is 9.60. The molecule has 0 heterocycles. The Morgan fingerprint density at radius 3 is 1.22 bits per heavy atom. The van der Waals surface area contributed by atoms with E-state index in [4.69, 9.17) is 23.7 Å². The summed E-state index contributed by atoms with van der Waals surface area (Å²) in [6.07, 6.45) is -1.39. The maximum Gasteiger partial charge on any atom is 0.514 e. The van der Waals surface area contributed by atoms with Gasteiger partial charge in [0, 0.05) is 34.5 Å². The predicted octanol–water partition coefficient (Wildman–Crippen LogP) is 6.32. The molecule has 0 aromatic heterocycles. The fourth-order valence-corrected chi connectivity index (χ4v) is 2.88. The van der Waals surface area contributed by atoms with Crippen LogP contribution in [0.3, 0.4) is 0 Å². The summed E-state index contributed by atoms with van der Waals surface area (Å²) in [6, 6.07) is 0. The number of esters is 3. The highest BCUT2D eigenvalue weighted by Gasteiger charge is 2.32. The van der Waals surface area contributed by atoms with Crippen LogP contribution in [-0.2, 0) is 42.8 Å². The second kappa shape index (κ2) is 24.7. The number of halogens is 5. The van der Waals surface area contributed by atoms with Crippen LogP contribution in [0.1, 0.15) is 68.7 Å². The smallest absolute Gasteiger partial charge is 0.465 e. The highest BCUT2D eigenvalue weighted by atomic mass is 19.2. The molecule has 268 valence electrons. The van der Waals surface area contributed by atoms with Crippen molar-refractivity contribution in [3.05, 3.63) is 29.1 Å². The molecule has 2 atom stereocenters. The van der Waals surface area contributed by atoms with Gasteiger partial charge in [-0.25, -0.2) is 18.0 Å². The van der Waals surface area contributed by atoms with Crippen LogP contribution in [0, 0.1) is 39.9 Å². The first-order valence-corrected chi connectivity index (χ1v) is 14.2. The molecular weight excluding hydrogens is 631 g/mol. The van der Waals surface area contributed by atoms with Gasteiger partial charge in [-0.05, 0) is 0 Å². The highest BCUT2D eigenvalue weighted by molar-refractivity contribution is 5.69. The molecule has 0 bridgehead atoms. The van der Waals surface area contributed by atoms with Crippen molar-refractivity contribution >= 4 is 24.1 Å². The number of hydrogen-bond donors (Lipinski definition) is 0. The minimum absolute atomic E-state index is 0.0455. The fourth-order valence-electron chi connectivity index (χ4n) is 2.88. The molecule has 16 heteroatoms. The van der Waals surface area contributed by atoms with Gasteiger partial charge in [0.05, 0.1) is 24.0 Å². The Balaban J connectivity index is -0.000000794. The molecule has 0 aliphatic carbocycles. The molecule has 46 heavy (non-hydrogen) atoms. The lowest BCUT2D eigenvalue weighted by atomic mass is 9.94. The van der Waals surface area contributed by atoms with Crippen LogP contribution in [0.5, 0.6) is 5.75 Å². The third-order valence-corrected chi connectivity index (χ3v) is 5.00. The van der Waals surface area contributed by atoms with Crippen molar-refractivity contribution in [1.82, 2.24) is 0 Å². The molecule has 0 saturated carbocycles. The summed E-state index contributed by atoms with van der Waals surface area (Å²) in [7, 11) is 2.87. The summed E-state index contributed by atoms with van der Waals surface area (Å²) in [6.45, 7) is 15.5. The molecule has 2 unspecified atom stereocenters. The van der Waals surface area contributed by atoms with Crippen molar-refractivity contribution in [3.8, 4) is 5.75 Å². The predicted molar refractivity (Wildman–Crippen MR) is 155 cm³/mol. The number of methoxy groups -OCH3 is 2. The summed E-state index contributed by atoms with van der Waals surface area (Å²) < 4.78 is 99.2.